The van der Waals surface area contributed by atoms with E-state index in [2.05, 4.69) is 10.3 Å². The third-order valence-corrected chi connectivity index (χ3v) is 5.36. The zero-order valence-corrected chi connectivity index (χ0v) is 16.3. The minimum Gasteiger partial charge on any atom is -0.493 e. The van der Waals surface area contributed by atoms with Crippen LogP contribution in [-0.4, -0.2) is 29.7 Å². The van der Waals surface area contributed by atoms with Gasteiger partial charge < -0.3 is 14.8 Å². The van der Waals surface area contributed by atoms with Crippen LogP contribution in [0.5, 0.6) is 11.5 Å². The second kappa shape index (κ2) is 8.22. The molecule has 0 bridgehead atoms. The fourth-order valence-corrected chi connectivity index (χ4v) is 3.62. The fraction of sp³-hybridized carbons (Fsp3) is 0.316. The summed E-state index contributed by atoms with van der Waals surface area (Å²) in [6, 6.07) is 7.29. The van der Waals surface area contributed by atoms with E-state index in [1.54, 1.807) is 26.4 Å². The summed E-state index contributed by atoms with van der Waals surface area (Å²) in [6.45, 7) is 2.28. The number of carbonyl (C=O) groups excluding carboxylic acids is 1. The molecule has 8 heteroatoms. The van der Waals surface area contributed by atoms with Crippen LogP contribution in [0, 0.1) is 0 Å². The van der Waals surface area contributed by atoms with Crippen molar-refractivity contribution >= 4 is 27.5 Å². The maximum absolute atomic E-state index is 12.5. The molecule has 1 N–H and O–H groups in total. The number of aryl methyl sites for hydroxylation is 1. The topological polar surface area (TPSA) is 82.5 Å². The van der Waals surface area contributed by atoms with E-state index in [4.69, 9.17) is 9.47 Å². The summed E-state index contributed by atoms with van der Waals surface area (Å²) >= 11 is 1.51. The highest BCUT2D eigenvalue weighted by atomic mass is 32.1. The molecule has 27 heavy (non-hydrogen) atoms. The molecule has 0 saturated heterocycles. The minimum absolute atomic E-state index is 0.0770. The van der Waals surface area contributed by atoms with Gasteiger partial charge in [0, 0.05) is 11.4 Å². The van der Waals surface area contributed by atoms with Crippen molar-refractivity contribution in [3.8, 4) is 11.5 Å². The monoisotopic (exact) mass is 387 g/mol. The number of amides is 1. The Kier molecular flexibility index (Phi) is 5.75. The summed E-state index contributed by atoms with van der Waals surface area (Å²) in [7, 11) is 3.13. The van der Waals surface area contributed by atoms with Gasteiger partial charge in [0.15, 0.2) is 11.5 Å². The van der Waals surface area contributed by atoms with Gasteiger partial charge >= 0.3 is 0 Å². The number of methoxy groups -OCH3 is 2. The standard InChI is InChI=1S/C19H21N3O4S/c1-4-13-8-14-18(27-13)21-11-22(19(14)24)10-17(23)20-9-12-5-6-15(25-2)16(7-12)26-3/h5-8,11H,4,9-10H2,1-3H3,(H,20,23). The first-order valence-electron chi connectivity index (χ1n) is 8.51. The number of benzene rings is 1. The fourth-order valence-electron chi connectivity index (χ4n) is 2.70. The van der Waals surface area contributed by atoms with E-state index in [0.29, 0.717) is 28.3 Å². The van der Waals surface area contributed by atoms with Crippen molar-refractivity contribution in [1.82, 2.24) is 14.9 Å². The van der Waals surface area contributed by atoms with Crippen LogP contribution in [0.2, 0.25) is 0 Å². The van der Waals surface area contributed by atoms with E-state index < -0.39 is 0 Å². The second-order valence-corrected chi connectivity index (χ2v) is 7.04. The predicted molar refractivity (Wildman–Crippen MR) is 105 cm³/mol. The van der Waals surface area contributed by atoms with Gasteiger partial charge in [-0.05, 0) is 30.2 Å². The normalized spacial score (nSPS) is 10.8. The lowest BCUT2D eigenvalue weighted by molar-refractivity contribution is -0.121. The first-order valence-corrected chi connectivity index (χ1v) is 9.32. The van der Waals surface area contributed by atoms with Gasteiger partial charge in [0.2, 0.25) is 5.91 Å². The maximum atomic E-state index is 12.5. The first kappa shape index (κ1) is 18.9. The van der Waals surface area contributed by atoms with E-state index in [-0.39, 0.29) is 18.0 Å². The Hall–Kier alpha value is -2.87. The summed E-state index contributed by atoms with van der Waals surface area (Å²) < 4.78 is 11.8. The largest absolute Gasteiger partial charge is 0.493 e. The number of rotatable bonds is 7. The van der Waals surface area contributed by atoms with Crippen molar-refractivity contribution in [3.63, 3.8) is 0 Å². The van der Waals surface area contributed by atoms with Gasteiger partial charge in [0.05, 0.1) is 25.9 Å². The zero-order chi connectivity index (χ0) is 19.4. The highest BCUT2D eigenvalue weighted by Crippen LogP contribution is 2.27. The van der Waals surface area contributed by atoms with E-state index >= 15 is 0 Å². The Balaban J connectivity index is 1.68. The molecule has 1 amide bonds. The van der Waals surface area contributed by atoms with Gasteiger partial charge in [-0.15, -0.1) is 11.3 Å². The highest BCUT2D eigenvalue weighted by molar-refractivity contribution is 7.18. The third kappa shape index (κ3) is 4.11. The van der Waals surface area contributed by atoms with Crippen LogP contribution < -0.4 is 20.3 Å². The third-order valence-electron chi connectivity index (χ3n) is 4.17. The summed E-state index contributed by atoms with van der Waals surface area (Å²) in [6.07, 6.45) is 2.28. The van der Waals surface area contributed by atoms with Crippen LogP contribution in [-0.2, 0) is 24.3 Å². The predicted octanol–water partition coefficient (Wildman–Crippen LogP) is 2.35. The molecule has 0 saturated carbocycles. The SMILES string of the molecule is CCc1cc2c(=O)n(CC(=O)NCc3ccc(OC)c(OC)c3)cnc2s1. The van der Waals surface area contributed by atoms with Crippen molar-refractivity contribution in [2.45, 2.75) is 26.4 Å². The molecule has 0 aliphatic heterocycles. The number of ether oxygens (including phenoxy) is 2. The number of fused-ring (bicyclic) bond motifs is 1. The summed E-state index contributed by atoms with van der Waals surface area (Å²) in [4.78, 5) is 30.9. The van der Waals surface area contributed by atoms with Crippen molar-refractivity contribution < 1.29 is 14.3 Å². The molecule has 3 aromatic rings. The minimum atomic E-state index is -0.265. The molecular formula is C19H21N3O4S. The molecule has 0 radical (unpaired) electrons. The molecule has 1 aromatic carbocycles. The lowest BCUT2D eigenvalue weighted by Gasteiger charge is -2.11. The van der Waals surface area contributed by atoms with E-state index in [0.717, 1.165) is 16.9 Å². The first-order chi connectivity index (χ1) is 13.0. The van der Waals surface area contributed by atoms with Crippen LogP contribution >= 0.6 is 11.3 Å². The Bertz CT molecular complexity index is 1030. The Morgan fingerprint density at radius 3 is 2.70 bits per heavy atom. The lowest BCUT2D eigenvalue weighted by atomic mass is 10.2. The molecule has 0 fully saturated rings. The highest BCUT2D eigenvalue weighted by Gasteiger charge is 2.11. The molecule has 7 nitrogen and oxygen atoms in total. The average Bonchev–Trinajstić information content (AvgIpc) is 3.12. The lowest BCUT2D eigenvalue weighted by Crippen LogP contribution is -2.32. The average molecular weight is 387 g/mol. The van der Waals surface area contributed by atoms with Gasteiger partial charge in [-0.25, -0.2) is 4.98 Å². The molecule has 142 valence electrons. The van der Waals surface area contributed by atoms with Gasteiger partial charge in [0.1, 0.15) is 11.4 Å². The molecular weight excluding hydrogens is 366 g/mol. The van der Waals surface area contributed by atoms with Crippen LogP contribution in [0.15, 0.2) is 35.4 Å². The zero-order valence-electron chi connectivity index (χ0n) is 15.4. The molecule has 2 heterocycles. The quantitative estimate of drug-likeness (QED) is 0.673. The van der Waals surface area contributed by atoms with Gasteiger partial charge in [-0.2, -0.15) is 0 Å². The Morgan fingerprint density at radius 1 is 1.22 bits per heavy atom. The Morgan fingerprint density at radius 2 is 2.00 bits per heavy atom. The van der Waals surface area contributed by atoms with Crippen LogP contribution in [0.3, 0.4) is 0 Å². The molecule has 3 rings (SSSR count). The summed E-state index contributed by atoms with van der Waals surface area (Å²) in [5, 5.41) is 3.37. The second-order valence-electron chi connectivity index (χ2n) is 5.93. The van der Waals surface area contributed by atoms with Crippen molar-refractivity contribution in [1.29, 1.82) is 0 Å². The van der Waals surface area contributed by atoms with Gasteiger partial charge in [-0.1, -0.05) is 13.0 Å². The number of hydrogen-bond acceptors (Lipinski definition) is 6. The van der Waals surface area contributed by atoms with Crippen LogP contribution in [0.4, 0.5) is 0 Å². The number of carbonyl (C=O) groups is 1. The van der Waals surface area contributed by atoms with E-state index in [9.17, 15) is 9.59 Å². The van der Waals surface area contributed by atoms with E-state index in [1.165, 1.54) is 22.2 Å². The van der Waals surface area contributed by atoms with Crippen molar-refractivity contribution in [3.05, 3.63) is 51.4 Å². The van der Waals surface area contributed by atoms with Crippen molar-refractivity contribution in [2.75, 3.05) is 14.2 Å². The number of aromatic nitrogens is 2. The number of nitrogens with one attached hydrogen (secondary N) is 1. The molecule has 0 unspecified atom stereocenters. The number of nitrogens with zero attached hydrogens (tertiary/aromatic N) is 2. The molecule has 0 spiro atoms. The smallest absolute Gasteiger partial charge is 0.262 e. The molecule has 0 atom stereocenters. The Labute approximate surface area is 160 Å². The van der Waals surface area contributed by atoms with Gasteiger partial charge in [-0.3, -0.25) is 14.2 Å². The number of hydrogen-bond donors (Lipinski definition) is 1. The number of thiophene rings is 1. The molecule has 0 aliphatic rings. The van der Waals surface area contributed by atoms with Crippen molar-refractivity contribution in [2.24, 2.45) is 0 Å². The molecule has 2 aromatic heterocycles. The summed E-state index contributed by atoms with van der Waals surface area (Å²) in [5.41, 5.74) is 0.671. The molecule has 0 aliphatic carbocycles. The van der Waals surface area contributed by atoms with E-state index in [1.807, 2.05) is 19.1 Å². The summed E-state index contributed by atoms with van der Waals surface area (Å²) in [5.74, 6) is 0.957. The van der Waals surface area contributed by atoms with Crippen LogP contribution in [0.1, 0.15) is 17.4 Å². The maximum Gasteiger partial charge on any atom is 0.262 e. The van der Waals surface area contributed by atoms with Crippen LogP contribution in [0.25, 0.3) is 10.2 Å². The van der Waals surface area contributed by atoms with Gasteiger partial charge in [0.25, 0.3) is 5.56 Å².